The molecule has 1 amide bonds. The molecule has 0 unspecified atom stereocenters. The van der Waals surface area contributed by atoms with Gasteiger partial charge in [-0.3, -0.25) is 9.59 Å². The van der Waals surface area contributed by atoms with Crippen LogP contribution in [-0.4, -0.2) is 38.7 Å². The number of esters is 1. The molecule has 0 spiro atoms. The molecule has 0 radical (unpaired) electrons. The Labute approximate surface area is 97.5 Å². The molecular weight excluding hydrogens is 210 g/mol. The Morgan fingerprint density at radius 1 is 1.19 bits per heavy atom. The Hall–Kier alpha value is -1.10. The third-order valence-corrected chi connectivity index (χ3v) is 1.23. The fourth-order valence-electron chi connectivity index (χ4n) is 0.719. The predicted octanol–water partition coefficient (Wildman–Crippen LogP) is 1.12. The number of carbonyl (C=O) groups is 2. The molecular formula is C11H23NO4. The van der Waals surface area contributed by atoms with Gasteiger partial charge in [-0.25, -0.2) is 0 Å². The number of carbonyl (C=O) groups excluding carboxylic acids is 2. The molecule has 0 rings (SSSR count). The van der Waals surface area contributed by atoms with Gasteiger partial charge in [0.15, 0.2) is 0 Å². The van der Waals surface area contributed by atoms with Crippen LogP contribution in [0.5, 0.6) is 0 Å². The van der Waals surface area contributed by atoms with Crippen LogP contribution in [0, 0.1) is 0 Å². The zero-order chi connectivity index (χ0) is 12.8. The van der Waals surface area contributed by atoms with Crippen molar-refractivity contribution in [2.75, 3.05) is 26.9 Å². The molecule has 0 heterocycles. The van der Waals surface area contributed by atoms with E-state index in [1.807, 2.05) is 0 Å². The lowest BCUT2D eigenvalue weighted by Crippen LogP contribution is -2.29. The first-order valence-electron chi connectivity index (χ1n) is 5.53. The minimum absolute atomic E-state index is 0.0167. The van der Waals surface area contributed by atoms with Crippen LogP contribution in [-0.2, 0) is 19.1 Å². The Kier molecular flexibility index (Phi) is 15.0. The van der Waals surface area contributed by atoms with Crippen LogP contribution in [0.1, 0.15) is 33.6 Å². The van der Waals surface area contributed by atoms with Crippen molar-refractivity contribution in [3.8, 4) is 0 Å². The van der Waals surface area contributed by atoms with Gasteiger partial charge in [-0.05, 0) is 6.92 Å². The molecule has 96 valence electrons. The average molecular weight is 233 g/mol. The van der Waals surface area contributed by atoms with Gasteiger partial charge in [-0.15, -0.1) is 0 Å². The predicted molar refractivity (Wildman–Crippen MR) is 62.1 cm³/mol. The number of rotatable bonds is 6. The van der Waals surface area contributed by atoms with E-state index >= 15 is 0 Å². The highest BCUT2D eigenvalue weighted by atomic mass is 16.5. The van der Waals surface area contributed by atoms with Crippen molar-refractivity contribution in [2.24, 2.45) is 0 Å². The second-order valence-electron chi connectivity index (χ2n) is 3.05. The quantitative estimate of drug-likeness (QED) is 0.698. The standard InChI is InChI=1S/C8H15NO4.C3H8/c1-3-13-8(11)4-5-9-7(10)6-12-2;1-3-2/h3-6H2,1-2H3,(H,9,10);3H2,1-2H3. The molecule has 0 atom stereocenters. The van der Waals surface area contributed by atoms with Gasteiger partial charge in [0.2, 0.25) is 5.91 Å². The van der Waals surface area contributed by atoms with E-state index in [0.717, 1.165) is 0 Å². The molecule has 0 saturated carbocycles. The van der Waals surface area contributed by atoms with Gasteiger partial charge in [-0.2, -0.15) is 0 Å². The summed E-state index contributed by atoms with van der Waals surface area (Å²) in [6.45, 7) is 6.66. The highest BCUT2D eigenvalue weighted by Gasteiger charge is 2.03. The van der Waals surface area contributed by atoms with E-state index in [1.54, 1.807) is 6.92 Å². The highest BCUT2D eigenvalue weighted by molar-refractivity contribution is 5.78. The SMILES string of the molecule is CCC.CCOC(=O)CCNC(=O)COC. The molecule has 0 aliphatic carbocycles. The molecule has 1 N–H and O–H groups in total. The Bertz CT molecular complexity index is 165. The van der Waals surface area contributed by atoms with Gasteiger partial charge in [0.1, 0.15) is 6.61 Å². The number of hydrogen-bond acceptors (Lipinski definition) is 4. The molecule has 0 saturated heterocycles. The molecule has 0 aromatic carbocycles. The van der Waals surface area contributed by atoms with Crippen LogP contribution in [0.25, 0.3) is 0 Å². The van der Waals surface area contributed by atoms with Crippen LogP contribution in [0.2, 0.25) is 0 Å². The Morgan fingerprint density at radius 2 is 1.75 bits per heavy atom. The molecule has 0 aromatic heterocycles. The summed E-state index contributed by atoms with van der Waals surface area (Å²) in [6, 6.07) is 0. The third-order valence-electron chi connectivity index (χ3n) is 1.23. The number of methoxy groups -OCH3 is 1. The number of amides is 1. The van der Waals surface area contributed by atoms with Crippen molar-refractivity contribution < 1.29 is 19.1 Å². The van der Waals surface area contributed by atoms with Gasteiger partial charge < -0.3 is 14.8 Å². The fraction of sp³-hybridized carbons (Fsp3) is 0.818. The van der Waals surface area contributed by atoms with Crippen LogP contribution < -0.4 is 5.32 Å². The molecule has 16 heavy (non-hydrogen) atoms. The van der Waals surface area contributed by atoms with E-state index < -0.39 is 0 Å². The largest absolute Gasteiger partial charge is 0.466 e. The second-order valence-corrected chi connectivity index (χ2v) is 3.05. The average Bonchev–Trinajstić information content (AvgIpc) is 2.19. The molecule has 0 fully saturated rings. The molecule has 0 aliphatic rings. The fourth-order valence-corrected chi connectivity index (χ4v) is 0.719. The maximum absolute atomic E-state index is 10.8. The maximum atomic E-state index is 10.8. The molecule has 5 heteroatoms. The third kappa shape index (κ3) is 15.4. The lowest BCUT2D eigenvalue weighted by Gasteiger charge is -2.03. The first-order valence-corrected chi connectivity index (χ1v) is 5.53. The summed E-state index contributed by atoms with van der Waals surface area (Å²) in [4.78, 5) is 21.6. The normalized spacial score (nSPS) is 8.75. The van der Waals surface area contributed by atoms with E-state index in [-0.39, 0.29) is 24.9 Å². The maximum Gasteiger partial charge on any atom is 0.307 e. The topological polar surface area (TPSA) is 64.6 Å². The Balaban J connectivity index is 0. The first-order chi connectivity index (χ1) is 7.62. The van der Waals surface area contributed by atoms with Crippen molar-refractivity contribution in [1.82, 2.24) is 5.32 Å². The molecule has 0 aromatic rings. The van der Waals surface area contributed by atoms with E-state index in [9.17, 15) is 9.59 Å². The van der Waals surface area contributed by atoms with Crippen molar-refractivity contribution in [1.29, 1.82) is 0 Å². The minimum atomic E-state index is -0.305. The van der Waals surface area contributed by atoms with Crippen molar-refractivity contribution >= 4 is 11.9 Å². The molecule has 0 aliphatic heterocycles. The van der Waals surface area contributed by atoms with Crippen LogP contribution >= 0.6 is 0 Å². The van der Waals surface area contributed by atoms with Gasteiger partial charge in [-0.1, -0.05) is 20.3 Å². The van der Waals surface area contributed by atoms with Crippen molar-refractivity contribution in [3.63, 3.8) is 0 Å². The first kappa shape index (κ1) is 17.3. The summed E-state index contributed by atoms with van der Waals surface area (Å²) < 4.78 is 9.24. The van der Waals surface area contributed by atoms with Gasteiger partial charge >= 0.3 is 5.97 Å². The lowest BCUT2D eigenvalue weighted by molar-refractivity contribution is -0.143. The van der Waals surface area contributed by atoms with E-state index in [1.165, 1.54) is 13.5 Å². The Morgan fingerprint density at radius 3 is 2.19 bits per heavy atom. The van der Waals surface area contributed by atoms with E-state index in [0.29, 0.717) is 13.2 Å². The smallest absolute Gasteiger partial charge is 0.307 e. The van der Waals surface area contributed by atoms with Crippen LogP contribution in [0.3, 0.4) is 0 Å². The summed E-state index contributed by atoms with van der Waals surface area (Å²) in [5.74, 6) is -0.535. The van der Waals surface area contributed by atoms with Crippen molar-refractivity contribution in [2.45, 2.75) is 33.6 Å². The zero-order valence-corrected chi connectivity index (χ0v) is 10.7. The summed E-state index contributed by atoms with van der Waals surface area (Å²) in [5, 5.41) is 2.51. The van der Waals surface area contributed by atoms with Gasteiger partial charge in [0.25, 0.3) is 0 Å². The van der Waals surface area contributed by atoms with Gasteiger partial charge in [0.05, 0.1) is 13.0 Å². The zero-order valence-electron chi connectivity index (χ0n) is 10.7. The highest BCUT2D eigenvalue weighted by Crippen LogP contribution is 1.84. The minimum Gasteiger partial charge on any atom is -0.466 e. The lowest BCUT2D eigenvalue weighted by atomic mass is 10.4. The number of hydrogen-bond donors (Lipinski definition) is 1. The monoisotopic (exact) mass is 233 g/mol. The van der Waals surface area contributed by atoms with Crippen molar-refractivity contribution in [3.05, 3.63) is 0 Å². The molecule has 0 bridgehead atoms. The van der Waals surface area contributed by atoms with E-state index in [4.69, 9.17) is 0 Å². The summed E-state index contributed by atoms with van der Waals surface area (Å²) in [7, 11) is 1.44. The summed E-state index contributed by atoms with van der Waals surface area (Å²) in [5.41, 5.74) is 0. The second kappa shape index (κ2) is 13.9. The van der Waals surface area contributed by atoms with Crippen LogP contribution in [0.4, 0.5) is 0 Å². The van der Waals surface area contributed by atoms with Crippen LogP contribution in [0.15, 0.2) is 0 Å². The summed E-state index contributed by atoms with van der Waals surface area (Å²) in [6.07, 6.45) is 1.45. The number of ether oxygens (including phenoxy) is 2. The van der Waals surface area contributed by atoms with Gasteiger partial charge in [0, 0.05) is 13.7 Å². The number of nitrogens with one attached hydrogen (secondary N) is 1. The summed E-state index contributed by atoms with van der Waals surface area (Å²) >= 11 is 0. The molecule has 5 nitrogen and oxygen atoms in total. The van der Waals surface area contributed by atoms with E-state index in [2.05, 4.69) is 28.6 Å².